The third kappa shape index (κ3) is 2.82. The number of carbonyl (C=O) groups is 2. The van der Waals surface area contributed by atoms with Crippen LogP contribution < -0.4 is 0 Å². The molecule has 20 heavy (non-hydrogen) atoms. The highest BCUT2D eigenvalue weighted by Gasteiger charge is 2.37. The zero-order valence-electron chi connectivity index (χ0n) is 11.7. The van der Waals surface area contributed by atoms with Crippen molar-refractivity contribution < 1.29 is 19.4 Å². The Morgan fingerprint density at radius 2 is 2.05 bits per heavy atom. The van der Waals surface area contributed by atoms with Gasteiger partial charge in [0.1, 0.15) is 0 Å². The molecular formula is C15H19NO4. The summed E-state index contributed by atoms with van der Waals surface area (Å²) in [6.45, 7) is 2.99. The van der Waals surface area contributed by atoms with Gasteiger partial charge in [-0.2, -0.15) is 0 Å². The van der Waals surface area contributed by atoms with Crippen LogP contribution in [0.25, 0.3) is 0 Å². The van der Waals surface area contributed by atoms with Gasteiger partial charge in [-0.15, -0.1) is 0 Å². The first-order valence-electron chi connectivity index (χ1n) is 6.63. The molecule has 5 heteroatoms. The molecule has 5 nitrogen and oxygen atoms in total. The van der Waals surface area contributed by atoms with E-state index < -0.39 is 11.9 Å². The Hall–Kier alpha value is -1.88. The zero-order valence-corrected chi connectivity index (χ0v) is 11.7. The summed E-state index contributed by atoms with van der Waals surface area (Å²) >= 11 is 0. The number of likely N-dealkylation sites (tertiary alicyclic amines) is 1. The van der Waals surface area contributed by atoms with Gasteiger partial charge in [-0.05, 0) is 17.5 Å². The number of nitrogens with zero attached hydrogens (tertiary/aromatic N) is 1. The Morgan fingerprint density at radius 1 is 1.35 bits per heavy atom. The quantitative estimate of drug-likeness (QED) is 0.908. The van der Waals surface area contributed by atoms with Crippen LogP contribution in [0, 0.1) is 11.8 Å². The highest BCUT2D eigenvalue weighted by molar-refractivity contribution is 5.96. The van der Waals surface area contributed by atoms with E-state index in [1.807, 2.05) is 19.1 Å². The van der Waals surface area contributed by atoms with Crippen molar-refractivity contribution in [1.82, 2.24) is 4.90 Å². The van der Waals surface area contributed by atoms with Crippen molar-refractivity contribution in [3.05, 3.63) is 35.4 Å². The monoisotopic (exact) mass is 277 g/mol. The number of hydrogen-bond donors (Lipinski definition) is 1. The second-order valence-corrected chi connectivity index (χ2v) is 5.22. The minimum Gasteiger partial charge on any atom is -0.481 e. The SMILES string of the molecule is COCc1ccccc1C(=O)N1C[C@@H](C)[C@H](C(=O)O)C1. The number of benzene rings is 1. The summed E-state index contributed by atoms with van der Waals surface area (Å²) in [7, 11) is 1.58. The number of carboxylic acids is 1. The highest BCUT2D eigenvalue weighted by Crippen LogP contribution is 2.25. The fraction of sp³-hybridized carbons (Fsp3) is 0.467. The van der Waals surface area contributed by atoms with E-state index in [1.165, 1.54) is 0 Å². The fourth-order valence-electron chi connectivity index (χ4n) is 2.63. The molecule has 1 aliphatic rings. The second kappa shape index (κ2) is 6.05. The number of ether oxygens (including phenoxy) is 1. The Bertz CT molecular complexity index is 514. The molecule has 1 saturated heterocycles. The van der Waals surface area contributed by atoms with E-state index in [0.717, 1.165) is 5.56 Å². The third-order valence-corrected chi connectivity index (χ3v) is 3.76. The summed E-state index contributed by atoms with van der Waals surface area (Å²) in [4.78, 5) is 25.3. The lowest BCUT2D eigenvalue weighted by Gasteiger charge is -2.18. The first kappa shape index (κ1) is 14.5. The molecule has 1 aromatic carbocycles. The summed E-state index contributed by atoms with van der Waals surface area (Å²) in [6, 6.07) is 7.28. The van der Waals surface area contributed by atoms with Gasteiger partial charge < -0.3 is 14.7 Å². The van der Waals surface area contributed by atoms with Crippen molar-refractivity contribution in [1.29, 1.82) is 0 Å². The summed E-state index contributed by atoms with van der Waals surface area (Å²) < 4.78 is 5.10. The van der Waals surface area contributed by atoms with Gasteiger partial charge in [-0.25, -0.2) is 0 Å². The standard InChI is InChI=1S/C15H19NO4/c1-10-7-16(8-13(10)15(18)19)14(17)12-6-4-3-5-11(12)9-20-2/h3-6,10,13H,7-9H2,1-2H3,(H,18,19)/t10-,13-/m1/s1. The van der Waals surface area contributed by atoms with Crippen molar-refractivity contribution in [2.24, 2.45) is 11.8 Å². The van der Waals surface area contributed by atoms with Crippen LogP contribution in [0.5, 0.6) is 0 Å². The molecule has 0 aromatic heterocycles. The maximum atomic E-state index is 12.5. The maximum absolute atomic E-state index is 12.5. The molecule has 1 fully saturated rings. The molecule has 2 atom stereocenters. The van der Waals surface area contributed by atoms with Gasteiger partial charge in [-0.1, -0.05) is 25.1 Å². The molecule has 0 aliphatic carbocycles. The van der Waals surface area contributed by atoms with Crippen molar-refractivity contribution in [2.45, 2.75) is 13.5 Å². The maximum Gasteiger partial charge on any atom is 0.308 e. The Balaban J connectivity index is 2.19. The van der Waals surface area contributed by atoms with Gasteiger partial charge in [0.05, 0.1) is 12.5 Å². The van der Waals surface area contributed by atoms with Crippen LogP contribution in [0.1, 0.15) is 22.8 Å². The van der Waals surface area contributed by atoms with Crippen LogP contribution in [0.4, 0.5) is 0 Å². The number of rotatable bonds is 4. The summed E-state index contributed by atoms with van der Waals surface area (Å²) in [5.74, 6) is -1.45. The van der Waals surface area contributed by atoms with Crippen LogP contribution in [0.3, 0.4) is 0 Å². The van der Waals surface area contributed by atoms with Crippen LogP contribution in [-0.4, -0.2) is 42.1 Å². The first-order valence-corrected chi connectivity index (χ1v) is 6.63. The zero-order chi connectivity index (χ0) is 14.7. The topological polar surface area (TPSA) is 66.8 Å². The molecule has 1 heterocycles. The van der Waals surface area contributed by atoms with Crippen LogP contribution in [0.15, 0.2) is 24.3 Å². The normalized spacial score (nSPS) is 22.0. The number of carbonyl (C=O) groups excluding carboxylic acids is 1. The van der Waals surface area contributed by atoms with Crippen molar-refractivity contribution in [3.8, 4) is 0 Å². The molecule has 108 valence electrons. The lowest BCUT2D eigenvalue weighted by molar-refractivity contribution is -0.142. The lowest BCUT2D eigenvalue weighted by Crippen LogP contribution is -2.30. The smallest absolute Gasteiger partial charge is 0.308 e. The largest absolute Gasteiger partial charge is 0.481 e. The molecule has 1 aliphatic heterocycles. The summed E-state index contributed by atoms with van der Waals surface area (Å²) in [5.41, 5.74) is 1.42. The van der Waals surface area contributed by atoms with Gasteiger partial charge >= 0.3 is 5.97 Å². The molecule has 1 aromatic rings. The van der Waals surface area contributed by atoms with Gasteiger partial charge in [0.2, 0.25) is 0 Å². The Kier molecular flexibility index (Phi) is 4.39. The summed E-state index contributed by atoms with van der Waals surface area (Å²) in [6.07, 6.45) is 0. The lowest BCUT2D eigenvalue weighted by atomic mass is 9.99. The van der Waals surface area contributed by atoms with Gasteiger partial charge in [0.15, 0.2) is 0 Å². The predicted octanol–water partition coefficient (Wildman–Crippen LogP) is 1.63. The average molecular weight is 277 g/mol. The number of hydrogen-bond acceptors (Lipinski definition) is 3. The van der Waals surface area contributed by atoms with E-state index in [9.17, 15) is 9.59 Å². The number of amides is 1. The van der Waals surface area contributed by atoms with E-state index in [0.29, 0.717) is 18.7 Å². The molecule has 0 unspecified atom stereocenters. The van der Waals surface area contributed by atoms with Crippen molar-refractivity contribution in [2.75, 3.05) is 20.2 Å². The molecule has 2 rings (SSSR count). The molecule has 1 amide bonds. The molecule has 0 radical (unpaired) electrons. The fourth-order valence-corrected chi connectivity index (χ4v) is 2.63. The van der Waals surface area contributed by atoms with Gasteiger partial charge in [0, 0.05) is 25.8 Å². The van der Waals surface area contributed by atoms with Crippen LogP contribution >= 0.6 is 0 Å². The minimum atomic E-state index is -0.835. The molecule has 0 saturated carbocycles. The molecule has 0 spiro atoms. The van der Waals surface area contributed by atoms with E-state index in [2.05, 4.69) is 0 Å². The van der Waals surface area contributed by atoms with Crippen LogP contribution in [-0.2, 0) is 16.1 Å². The number of aliphatic carboxylic acids is 1. The second-order valence-electron chi connectivity index (χ2n) is 5.22. The summed E-state index contributed by atoms with van der Waals surface area (Å²) in [5, 5.41) is 9.13. The number of methoxy groups -OCH3 is 1. The molecule has 1 N–H and O–H groups in total. The first-order chi connectivity index (χ1) is 9.54. The molecular weight excluding hydrogens is 258 g/mol. The van der Waals surface area contributed by atoms with Crippen molar-refractivity contribution in [3.63, 3.8) is 0 Å². The van der Waals surface area contributed by atoms with E-state index in [-0.39, 0.29) is 18.4 Å². The van der Waals surface area contributed by atoms with Crippen LogP contribution in [0.2, 0.25) is 0 Å². The highest BCUT2D eigenvalue weighted by atomic mass is 16.5. The Labute approximate surface area is 118 Å². The number of carboxylic acid groups (broad SMARTS) is 1. The predicted molar refractivity (Wildman–Crippen MR) is 73.3 cm³/mol. The third-order valence-electron chi connectivity index (χ3n) is 3.76. The van der Waals surface area contributed by atoms with Crippen molar-refractivity contribution >= 4 is 11.9 Å². The van der Waals surface area contributed by atoms with E-state index in [4.69, 9.17) is 9.84 Å². The van der Waals surface area contributed by atoms with Gasteiger partial charge in [0.25, 0.3) is 5.91 Å². The Morgan fingerprint density at radius 3 is 2.65 bits per heavy atom. The van der Waals surface area contributed by atoms with E-state index in [1.54, 1.807) is 24.1 Å². The minimum absolute atomic E-state index is 0.0222. The molecule has 0 bridgehead atoms. The van der Waals surface area contributed by atoms with Gasteiger partial charge in [-0.3, -0.25) is 9.59 Å². The van der Waals surface area contributed by atoms with E-state index >= 15 is 0 Å². The average Bonchev–Trinajstić information content (AvgIpc) is 2.81.